The van der Waals surface area contributed by atoms with Gasteiger partial charge in [0.05, 0.1) is 10.9 Å². The van der Waals surface area contributed by atoms with Crippen molar-refractivity contribution in [2.24, 2.45) is 0 Å². The minimum Gasteiger partial charge on any atom is -0.315 e. The number of hydrogen-bond donors (Lipinski definition) is 2. The third-order valence-corrected chi connectivity index (χ3v) is 4.73. The van der Waals surface area contributed by atoms with Gasteiger partial charge in [0.25, 0.3) is 0 Å². The maximum atomic E-state index is 13.0. The van der Waals surface area contributed by atoms with Crippen molar-refractivity contribution in [2.45, 2.75) is 18.1 Å². The van der Waals surface area contributed by atoms with Gasteiger partial charge in [0.15, 0.2) is 17.5 Å². The first-order chi connectivity index (χ1) is 8.90. The monoisotopic (exact) mass is 294 g/mol. The molecule has 1 saturated heterocycles. The summed E-state index contributed by atoms with van der Waals surface area (Å²) in [7, 11) is -3.75. The Hall–Kier alpha value is -1.28. The number of sulfonamides is 1. The molecule has 1 unspecified atom stereocenters. The molecule has 0 spiro atoms. The molecular weight excluding hydrogens is 281 g/mol. The maximum Gasteiger partial charge on any atom is 0.236 e. The normalized spacial score (nSPS) is 20.3. The maximum absolute atomic E-state index is 13.0. The summed E-state index contributed by atoms with van der Waals surface area (Å²) >= 11 is 0. The van der Waals surface area contributed by atoms with E-state index < -0.39 is 32.7 Å². The number of anilines is 1. The molecule has 19 heavy (non-hydrogen) atoms. The second-order valence-electron chi connectivity index (χ2n) is 4.37. The Morgan fingerprint density at radius 1 is 1.21 bits per heavy atom. The minimum atomic E-state index is -3.75. The van der Waals surface area contributed by atoms with E-state index in [-0.39, 0.29) is 12.2 Å². The van der Waals surface area contributed by atoms with E-state index in [0.717, 1.165) is 6.54 Å². The molecule has 8 heteroatoms. The van der Waals surface area contributed by atoms with Crippen molar-refractivity contribution in [3.8, 4) is 0 Å². The zero-order chi connectivity index (χ0) is 14.0. The van der Waals surface area contributed by atoms with E-state index in [1.165, 1.54) is 0 Å². The van der Waals surface area contributed by atoms with Crippen LogP contribution in [0.4, 0.5) is 18.9 Å². The second kappa shape index (κ2) is 5.38. The molecule has 1 aromatic rings. The Kier molecular flexibility index (Phi) is 4.00. The van der Waals surface area contributed by atoms with E-state index in [1.54, 1.807) is 0 Å². The van der Waals surface area contributed by atoms with Crippen LogP contribution in [0.5, 0.6) is 0 Å². The molecule has 0 bridgehead atoms. The molecule has 1 aliphatic rings. The zero-order valence-corrected chi connectivity index (χ0v) is 10.7. The van der Waals surface area contributed by atoms with Gasteiger partial charge in [0.2, 0.25) is 10.0 Å². The molecular formula is C11H13F3N2O2S. The summed E-state index contributed by atoms with van der Waals surface area (Å²) in [6, 6.07) is 1.23. The average Bonchev–Trinajstić information content (AvgIpc) is 2.36. The van der Waals surface area contributed by atoms with Gasteiger partial charge in [-0.05, 0) is 19.4 Å². The van der Waals surface area contributed by atoms with Gasteiger partial charge in [-0.25, -0.2) is 21.6 Å². The first-order valence-electron chi connectivity index (χ1n) is 5.77. The van der Waals surface area contributed by atoms with Crippen molar-refractivity contribution in [3.05, 3.63) is 29.6 Å². The largest absolute Gasteiger partial charge is 0.315 e. The van der Waals surface area contributed by atoms with Crippen molar-refractivity contribution in [1.82, 2.24) is 5.32 Å². The number of piperidine rings is 1. The fourth-order valence-corrected chi connectivity index (χ4v) is 3.37. The highest BCUT2D eigenvalue weighted by Gasteiger charge is 2.27. The van der Waals surface area contributed by atoms with E-state index >= 15 is 0 Å². The smallest absolute Gasteiger partial charge is 0.236 e. The molecule has 0 radical (unpaired) electrons. The fraction of sp³-hybridized carbons (Fsp3) is 0.455. The van der Waals surface area contributed by atoms with Gasteiger partial charge in [-0.2, -0.15) is 0 Å². The Balaban J connectivity index is 2.20. The topological polar surface area (TPSA) is 58.2 Å². The Morgan fingerprint density at radius 3 is 2.37 bits per heavy atom. The van der Waals surface area contributed by atoms with Crippen LogP contribution in [0, 0.1) is 17.5 Å². The van der Waals surface area contributed by atoms with Crippen LogP contribution in [-0.2, 0) is 10.0 Å². The molecule has 2 N–H and O–H groups in total. The third kappa shape index (κ3) is 3.19. The minimum absolute atomic E-state index is 0.279. The molecule has 106 valence electrons. The molecule has 0 aliphatic carbocycles. The fourth-order valence-electron chi connectivity index (χ4n) is 1.95. The van der Waals surface area contributed by atoms with Gasteiger partial charge >= 0.3 is 0 Å². The van der Waals surface area contributed by atoms with Gasteiger partial charge in [-0.15, -0.1) is 0 Å². The van der Waals surface area contributed by atoms with Crippen molar-refractivity contribution in [3.63, 3.8) is 0 Å². The van der Waals surface area contributed by atoms with Gasteiger partial charge in [-0.1, -0.05) is 0 Å². The number of nitrogens with one attached hydrogen (secondary N) is 2. The zero-order valence-electron chi connectivity index (χ0n) is 9.92. The van der Waals surface area contributed by atoms with Crippen LogP contribution in [0.1, 0.15) is 12.8 Å². The molecule has 4 nitrogen and oxygen atoms in total. The van der Waals surface area contributed by atoms with E-state index in [9.17, 15) is 21.6 Å². The lowest BCUT2D eigenvalue weighted by Crippen LogP contribution is -2.41. The van der Waals surface area contributed by atoms with Crippen LogP contribution < -0.4 is 10.0 Å². The summed E-state index contributed by atoms with van der Waals surface area (Å²) in [5, 5.41) is 2.26. The van der Waals surface area contributed by atoms with Crippen molar-refractivity contribution >= 4 is 15.7 Å². The standard InChI is InChI=1S/C11H13F3N2O2S/c12-9-4-7(5-10(13)11(9)14)16-19(17,18)8-2-1-3-15-6-8/h4-5,8,15-16H,1-3,6H2. The lowest BCUT2D eigenvalue weighted by molar-refractivity contribution is 0.448. The van der Waals surface area contributed by atoms with Crippen LogP contribution in [-0.4, -0.2) is 26.8 Å². The van der Waals surface area contributed by atoms with Gasteiger partial charge in [0, 0.05) is 18.7 Å². The number of halogens is 3. The summed E-state index contributed by atoms with van der Waals surface area (Å²) in [6.45, 7) is 1.02. The van der Waals surface area contributed by atoms with E-state index in [2.05, 4.69) is 10.0 Å². The van der Waals surface area contributed by atoms with Crippen LogP contribution >= 0.6 is 0 Å². The predicted molar refractivity (Wildman–Crippen MR) is 64.8 cm³/mol. The summed E-state index contributed by atoms with van der Waals surface area (Å²) < 4.78 is 64.8. The number of rotatable bonds is 3. The van der Waals surface area contributed by atoms with Crippen molar-refractivity contribution in [2.75, 3.05) is 17.8 Å². The number of hydrogen-bond acceptors (Lipinski definition) is 3. The van der Waals surface area contributed by atoms with Crippen molar-refractivity contribution in [1.29, 1.82) is 0 Å². The van der Waals surface area contributed by atoms with Crippen molar-refractivity contribution < 1.29 is 21.6 Å². The van der Waals surface area contributed by atoms with Crippen LogP contribution in [0.2, 0.25) is 0 Å². The summed E-state index contributed by atoms with van der Waals surface area (Å²) in [6.07, 6.45) is 1.17. The van der Waals surface area contributed by atoms with E-state index in [4.69, 9.17) is 0 Å². The molecule has 0 saturated carbocycles. The molecule has 2 rings (SSSR count). The molecule has 1 aromatic carbocycles. The van der Waals surface area contributed by atoms with Crippen LogP contribution in [0.3, 0.4) is 0 Å². The summed E-state index contributed by atoms with van der Waals surface area (Å²) in [5.74, 6) is -4.48. The third-order valence-electron chi connectivity index (χ3n) is 2.93. The molecule has 0 amide bonds. The van der Waals surface area contributed by atoms with Crippen LogP contribution in [0.15, 0.2) is 12.1 Å². The van der Waals surface area contributed by atoms with E-state index in [1.807, 2.05) is 0 Å². The quantitative estimate of drug-likeness (QED) is 0.833. The summed E-state index contributed by atoms with van der Waals surface area (Å²) in [5.41, 5.74) is -0.318. The SMILES string of the molecule is O=S(=O)(Nc1cc(F)c(F)c(F)c1)C1CCCNC1. The second-order valence-corrected chi connectivity index (χ2v) is 6.33. The predicted octanol–water partition coefficient (Wildman–Crippen LogP) is 1.60. The highest BCUT2D eigenvalue weighted by atomic mass is 32.2. The highest BCUT2D eigenvalue weighted by molar-refractivity contribution is 7.93. The molecule has 0 aromatic heterocycles. The average molecular weight is 294 g/mol. The number of benzene rings is 1. The first kappa shape index (κ1) is 14.1. The highest BCUT2D eigenvalue weighted by Crippen LogP contribution is 2.21. The first-order valence-corrected chi connectivity index (χ1v) is 7.31. The van der Waals surface area contributed by atoms with Crippen LogP contribution in [0.25, 0.3) is 0 Å². The van der Waals surface area contributed by atoms with Gasteiger partial charge in [0.1, 0.15) is 0 Å². The molecule has 1 aliphatic heterocycles. The van der Waals surface area contributed by atoms with E-state index in [0.29, 0.717) is 25.0 Å². The molecule has 1 heterocycles. The summed E-state index contributed by atoms with van der Waals surface area (Å²) in [4.78, 5) is 0. The lowest BCUT2D eigenvalue weighted by atomic mass is 10.2. The molecule has 1 fully saturated rings. The Morgan fingerprint density at radius 2 is 1.84 bits per heavy atom. The molecule has 1 atom stereocenters. The lowest BCUT2D eigenvalue weighted by Gasteiger charge is -2.23. The Labute approximate surface area is 109 Å². The van der Waals surface area contributed by atoms with Gasteiger partial charge in [-0.3, -0.25) is 4.72 Å². The van der Waals surface area contributed by atoms with Gasteiger partial charge < -0.3 is 5.32 Å². The Bertz CT molecular complexity index is 548.